The quantitative estimate of drug-likeness (QED) is 0.752. The number of rotatable bonds is 5. The van der Waals surface area contributed by atoms with Crippen LogP contribution >= 0.6 is 0 Å². The van der Waals surface area contributed by atoms with Gasteiger partial charge in [-0.3, -0.25) is 4.40 Å². The minimum Gasteiger partial charge on any atom is -0.433 e. The van der Waals surface area contributed by atoms with Crippen LogP contribution in [0.1, 0.15) is 5.82 Å². The summed E-state index contributed by atoms with van der Waals surface area (Å²) in [4.78, 5) is 12.0. The number of carbonyl (C=O) groups excluding carboxylic acids is 1. The second-order valence-corrected chi connectivity index (χ2v) is 4.73. The summed E-state index contributed by atoms with van der Waals surface area (Å²) in [5.41, 5.74) is 0.798. The highest BCUT2D eigenvalue weighted by Gasteiger charge is 2.12. The first-order chi connectivity index (χ1) is 11.6. The van der Waals surface area contributed by atoms with Gasteiger partial charge < -0.3 is 15.4 Å². The predicted molar refractivity (Wildman–Crippen MR) is 81.9 cm³/mol. The summed E-state index contributed by atoms with van der Waals surface area (Å²) in [6, 6.07) is 10.8. The van der Waals surface area contributed by atoms with Gasteiger partial charge in [0, 0.05) is 6.20 Å². The zero-order valence-corrected chi connectivity index (χ0v) is 12.3. The second-order valence-electron chi connectivity index (χ2n) is 4.73. The number of nitrogens with zero attached hydrogens (tertiary/aromatic N) is 3. The maximum atomic E-state index is 12.4. The Morgan fingerprint density at radius 1 is 1.17 bits per heavy atom. The van der Waals surface area contributed by atoms with E-state index in [4.69, 9.17) is 0 Å². The third-order valence-corrected chi connectivity index (χ3v) is 3.14. The average Bonchev–Trinajstić information content (AvgIpc) is 2.98. The molecule has 9 heteroatoms. The van der Waals surface area contributed by atoms with Gasteiger partial charge in [-0.1, -0.05) is 18.2 Å². The van der Waals surface area contributed by atoms with Gasteiger partial charge in [0.2, 0.25) is 0 Å². The van der Waals surface area contributed by atoms with Crippen LogP contribution in [0.2, 0.25) is 0 Å². The third-order valence-electron chi connectivity index (χ3n) is 3.14. The van der Waals surface area contributed by atoms with Crippen LogP contribution in [-0.4, -0.2) is 27.2 Å². The first-order valence-corrected chi connectivity index (χ1v) is 7.01. The minimum atomic E-state index is -2.97. The van der Waals surface area contributed by atoms with Crippen LogP contribution < -0.4 is 15.4 Å². The molecule has 2 N–H and O–H groups in total. The number of alkyl halides is 2. The normalized spacial score (nSPS) is 10.8. The maximum absolute atomic E-state index is 12.4. The Kier molecular flexibility index (Phi) is 4.50. The first kappa shape index (κ1) is 15.7. The summed E-state index contributed by atoms with van der Waals surface area (Å²) < 4.78 is 30.8. The van der Waals surface area contributed by atoms with Gasteiger partial charge in [-0.2, -0.15) is 8.78 Å². The molecule has 2 amide bonds. The summed E-state index contributed by atoms with van der Waals surface area (Å²) >= 11 is 0. The number of anilines is 1. The molecular formula is C15H13F2N5O2. The molecule has 24 heavy (non-hydrogen) atoms. The van der Waals surface area contributed by atoms with Crippen LogP contribution in [-0.2, 0) is 6.54 Å². The topological polar surface area (TPSA) is 80.6 Å². The van der Waals surface area contributed by atoms with Crippen molar-refractivity contribution in [3.63, 3.8) is 0 Å². The highest BCUT2D eigenvalue weighted by Crippen LogP contribution is 2.25. The van der Waals surface area contributed by atoms with Crippen molar-refractivity contribution < 1.29 is 18.3 Å². The number of amides is 2. The number of benzene rings is 1. The van der Waals surface area contributed by atoms with Crippen LogP contribution in [0.3, 0.4) is 0 Å². The predicted octanol–water partition coefficient (Wildman–Crippen LogP) is 2.65. The fourth-order valence-electron chi connectivity index (χ4n) is 2.11. The van der Waals surface area contributed by atoms with Gasteiger partial charge in [0.25, 0.3) is 0 Å². The van der Waals surface area contributed by atoms with E-state index in [1.165, 1.54) is 18.2 Å². The molecule has 124 valence electrons. The summed E-state index contributed by atoms with van der Waals surface area (Å²) in [7, 11) is 0. The lowest BCUT2D eigenvalue weighted by molar-refractivity contribution is -0.0493. The second kappa shape index (κ2) is 6.90. The molecule has 2 aromatic heterocycles. The van der Waals surface area contributed by atoms with Crippen LogP contribution in [0.4, 0.5) is 19.3 Å². The minimum absolute atomic E-state index is 0.115. The number of fused-ring (bicyclic) bond motifs is 1. The van der Waals surface area contributed by atoms with Crippen LogP contribution in [0, 0.1) is 0 Å². The monoisotopic (exact) mass is 333 g/mol. The van der Waals surface area contributed by atoms with Gasteiger partial charge >= 0.3 is 12.6 Å². The number of halogens is 2. The van der Waals surface area contributed by atoms with Gasteiger partial charge in [0.15, 0.2) is 11.5 Å². The van der Waals surface area contributed by atoms with Crippen molar-refractivity contribution in [3.05, 3.63) is 54.5 Å². The third kappa shape index (κ3) is 3.57. The first-order valence-electron chi connectivity index (χ1n) is 7.01. The Morgan fingerprint density at radius 3 is 2.79 bits per heavy atom. The molecule has 0 bridgehead atoms. The molecule has 2 heterocycles. The van der Waals surface area contributed by atoms with Crippen molar-refractivity contribution >= 4 is 17.4 Å². The number of ether oxygens (including phenoxy) is 1. The highest BCUT2D eigenvalue weighted by atomic mass is 19.3. The molecule has 3 rings (SSSR count). The van der Waals surface area contributed by atoms with Crippen molar-refractivity contribution in [2.24, 2.45) is 0 Å². The summed E-state index contributed by atoms with van der Waals surface area (Å²) in [6.07, 6.45) is 1.77. The van der Waals surface area contributed by atoms with Crippen LogP contribution in [0.15, 0.2) is 48.7 Å². The molecule has 0 radical (unpaired) electrons. The number of aromatic nitrogens is 3. The van der Waals surface area contributed by atoms with Crippen molar-refractivity contribution in [1.29, 1.82) is 0 Å². The van der Waals surface area contributed by atoms with Crippen LogP contribution in [0.5, 0.6) is 5.75 Å². The van der Waals surface area contributed by atoms with E-state index < -0.39 is 12.6 Å². The van der Waals surface area contributed by atoms with Gasteiger partial charge in [-0.05, 0) is 24.3 Å². The zero-order chi connectivity index (χ0) is 16.9. The summed E-state index contributed by atoms with van der Waals surface area (Å²) in [6.45, 7) is -2.85. The lowest BCUT2D eigenvalue weighted by Crippen LogP contribution is -2.29. The van der Waals surface area contributed by atoms with E-state index in [2.05, 4.69) is 25.6 Å². The van der Waals surface area contributed by atoms with E-state index in [0.717, 1.165) is 0 Å². The molecule has 0 atom stereocenters. The maximum Gasteiger partial charge on any atom is 0.387 e. The fraction of sp³-hybridized carbons (Fsp3) is 0.133. The van der Waals surface area contributed by atoms with Gasteiger partial charge in [-0.25, -0.2) is 4.79 Å². The molecule has 1 aromatic carbocycles. The van der Waals surface area contributed by atoms with E-state index in [1.54, 1.807) is 22.7 Å². The van der Waals surface area contributed by atoms with Gasteiger partial charge in [0.1, 0.15) is 5.75 Å². The van der Waals surface area contributed by atoms with Gasteiger partial charge in [0.05, 0.1) is 12.2 Å². The molecule has 3 aromatic rings. The SMILES string of the molecule is O=C(NCc1nnc2ccccn12)Nc1ccccc1OC(F)F. The molecule has 0 fully saturated rings. The number of pyridine rings is 1. The highest BCUT2D eigenvalue weighted by molar-refractivity contribution is 5.90. The Labute approximate surface area is 135 Å². The van der Waals surface area contributed by atoms with E-state index in [1.807, 2.05) is 12.1 Å². The molecule has 0 saturated carbocycles. The van der Waals surface area contributed by atoms with E-state index in [-0.39, 0.29) is 18.0 Å². The molecule has 0 aliphatic heterocycles. The summed E-state index contributed by atoms with van der Waals surface area (Å²) in [5.74, 6) is 0.424. The molecule has 0 spiro atoms. The van der Waals surface area contributed by atoms with Crippen molar-refractivity contribution in [2.75, 3.05) is 5.32 Å². The van der Waals surface area contributed by atoms with E-state index >= 15 is 0 Å². The number of nitrogens with one attached hydrogen (secondary N) is 2. The van der Waals surface area contributed by atoms with E-state index in [0.29, 0.717) is 11.5 Å². The van der Waals surface area contributed by atoms with Gasteiger partial charge in [-0.15, -0.1) is 10.2 Å². The molecule has 0 unspecified atom stereocenters. The van der Waals surface area contributed by atoms with E-state index in [9.17, 15) is 13.6 Å². The fourth-order valence-corrected chi connectivity index (χ4v) is 2.11. The Bertz CT molecular complexity index is 853. The number of carbonyl (C=O) groups is 1. The molecular weight excluding hydrogens is 320 g/mol. The number of urea groups is 1. The Balaban J connectivity index is 1.64. The molecule has 0 aliphatic rings. The largest absolute Gasteiger partial charge is 0.433 e. The number of para-hydroxylation sites is 2. The van der Waals surface area contributed by atoms with Crippen molar-refractivity contribution in [3.8, 4) is 5.75 Å². The van der Waals surface area contributed by atoms with Crippen molar-refractivity contribution in [1.82, 2.24) is 19.9 Å². The number of hydrogen-bond acceptors (Lipinski definition) is 4. The Hall–Kier alpha value is -3.23. The lowest BCUT2D eigenvalue weighted by atomic mass is 10.3. The van der Waals surface area contributed by atoms with Crippen LogP contribution in [0.25, 0.3) is 5.65 Å². The number of hydrogen-bond donors (Lipinski definition) is 2. The average molecular weight is 333 g/mol. The summed E-state index contributed by atoms with van der Waals surface area (Å²) in [5, 5.41) is 13.0. The van der Waals surface area contributed by atoms with Crippen molar-refractivity contribution in [2.45, 2.75) is 13.2 Å². The molecule has 7 nitrogen and oxygen atoms in total. The Morgan fingerprint density at radius 2 is 1.96 bits per heavy atom. The zero-order valence-electron chi connectivity index (χ0n) is 12.3. The lowest BCUT2D eigenvalue weighted by Gasteiger charge is -2.12. The molecule has 0 saturated heterocycles. The smallest absolute Gasteiger partial charge is 0.387 e. The standard InChI is InChI=1S/C15H13F2N5O2/c16-14(17)24-11-6-2-1-5-10(11)19-15(23)18-9-13-21-20-12-7-3-4-8-22(12)13/h1-8,14H,9H2,(H2,18,19,23). The molecule has 0 aliphatic carbocycles.